The molecule has 0 spiro atoms. The Morgan fingerprint density at radius 1 is 1.31 bits per heavy atom. The first-order valence-electron chi connectivity index (χ1n) is 5.81. The van der Waals surface area contributed by atoms with Crippen LogP contribution < -0.4 is 5.32 Å². The summed E-state index contributed by atoms with van der Waals surface area (Å²) in [4.78, 5) is 26.6. The summed E-state index contributed by atoms with van der Waals surface area (Å²) >= 11 is 0. The Labute approximate surface area is 95.8 Å². The van der Waals surface area contributed by atoms with Crippen molar-refractivity contribution in [1.82, 2.24) is 15.1 Å². The summed E-state index contributed by atoms with van der Waals surface area (Å²) in [7, 11) is 4.06. The molecule has 2 rings (SSSR count). The first kappa shape index (κ1) is 11.4. The minimum atomic E-state index is -0.238. The highest BCUT2D eigenvalue weighted by molar-refractivity contribution is 6.02. The number of imide groups is 1. The Bertz CT molecular complexity index is 292. The molecule has 5 heteroatoms. The molecule has 3 amide bonds. The number of hydrogen-bond donors (Lipinski definition) is 1. The van der Waals surface area contributed by atoms with Crippen molar-refractivity contribution in [3.8, 4) is 0 Å². The van der Waals surface area contributed by atoms with Crippen LogP contribution in [0.2, 0.25) is 0 Å². The molecule has 0 unspecified atom stereocenters. The lowest BCUT2D eigenvalue weighted by Crippen LogP contribution is -2.52. The molecule has 1 aliphatic heterocycles. The molecule has 2 aliphatic rings. The summed E-state index contributed by atoms with van der Waals surface area (Å²) < 4.78 is 0. The van der Waals surface area contributed by atoms with Gasteiger partial charge in [-0.3, -0.25) is 9.69 Å². The molecule has 5 nitrogen and oxygen atoms in total. The number of rotatable bonds is 3. The monoisotopic (exact) mass is 225 g/mol. The number of hydrogen-bond acceptors (Lipinski definition) is 3. The van der Waals surface area contributed by atoms with Crippen molar-refractivity contribution in [2.75, 3.05) is 27.2 Å². The van der Waals surface area contributed by atoms with Crippen LogP contribution in [-0.4, -0.2) is 54.5 Å². The molecule has 1 saturated carbocycles. The highest BCUT2D eigenvalue weighted by atomic mass is 16.2. The molecular formula is C11H19N3O2. The smallest absolute Gasteiger partial charge is 0.324 e. The first-order chi connectivity index (χ1) is 7.55. The Morgan fingerprint density at radius 3 is 2.38 bits per heavy atom. The summed E-state index contributed by atoms with van der Waals surface area (Å²) in [5.41, 5.74) is -0.00264. The van der Waals surface area contributed by atoms with Crippen LogP contribution in [0.4, 0.5) is 4.79 Å². The van der Waals surface area contributed by atoms with Crippen LogP contribution in [0.15, 0.2) is 0 Å². The average molecular weight is 225 g/mol. The maximum Gasteiger partial charge on any atom is 0.324 e. The lowest BCUT2D eigenvalue weighted by molar-refractivity contribution is -0.126. The zero-order valence-corrected chi connectivity index (χ0v) is 9.95. The molecule has 1 aliphatic carbocycles. The Balaban J connectivity index is 2.11. The van der Waals surface area contributed by atoms with Crippen molar-refractivity contribution in [2.24, 2.45) is 0 Å². The molecule has 0 radical (unpaired) electrons. The van der Waals surface area contributed by atoms with Gasteiger partial charge in [-0.25, -0.2) is 4.79 Å². The Hall–Kier alpha value is -1.10. The Morgan fingerprint density at radius 2 is 1.94 bits per heavy atom. The minimum absolute atomic E-state index is 0.00264. The SMILES string of the molecule is CN(C)C1(CN2C(=O)CNC2=O)CCCC1. The molecule has 1 saturated heterocycles. The van der Waals surface area contributed by atoms with E-state index in [1.165, 1.54) is 17.7 Å². The lowest BCUT2D eigenvalue weighted by atomic mass is 9.95. The highest BCUT2D eigenvalue weighted by Crippen LogP contribution is 2.34. The van der Waals surface area contributed by atoms with E-state index in [9.17, 15) is 9.59 Å². The molecule has 90 valence electrons. The van der Waals surface area contributed by atoms with E-state index in [1.54, 1.807) is 0 Å². The first-order valence-corrected chi connectivity index (χ1v) is 5.81. The van der Waals surface area contributed by atoms with Crippen LogP contribution in [0.25, 0.3) is 0 Å². The number of amides is 3. The molecule has 0 aromatic heterocycles. The maximum absolute atomic E-state index is 11.6. The number of nitrogens with one attached hydrogen (secondary N) is 1. The largest absolute Gasteiger partial charge is 0.329 e. The van der Waals surface area contributed by atoms with E-state index in [0.29, 0.717) is 6.54 Å². The second kappa shape index (κ2) is 4.05. The van der Waals surface area contributed by atoms with Crippen LogP contribution in [0, 0.1) is 0 Å². The van der Waals surface area contributed by atoms with Crippen molar-refractivity contribution in [1.29, 1.82) is 0 Å². The standard InChI is InChI=1S/C11H19N3O2/c1-13(2)11(5-3-4-6-11)8-14-9(15)7-12-10(14)16/h3-8H2,1-2H3,(H,12,16). The van der Waals surface area contributed by atoms with Gasteiger partial charge in [0.15, 0.2) is 0 Å². The van der Waals surface area contributed by atoms with Gasteiger partial charge in [0.2, 0.25) is 5.91 Å². The van der Waals surface area contributed by atoms with Crippen molar-refractivity contribution >= 4 is 11.9 Å². The van der Waals surface area contributed by atoms with E-state index >= 15 is 0 Å². The van der Waals surface area contributed by atoms with E-state index in [2.05, 4.69) is 10.2 Å². The summed E-state index contributed by atoms with van der Waals surface area (Å²) in [5, 5.41) is 2.57. The van der Waals surface area contributed by atoms with Gasteiger partial charge < -0.3 is 10.2 Å². The molecule has 1 N–H and O–H groups in total. The van der Waals surface area contributed by atoms with Gasteiger partial charge in [-0.2, -0.15) is 0 Å². The number of urea groups is 1. The van der Waals surface area contributed by atoms with Crippen LogP contribution in [0.5, 0.6) is 0 Å². The summed E-state index contributed by atoms with van der Waals surface area (Å²) in [5.74, 6) is -0.0990. The fraction of sp³-hybridized carbons (Fsp3) is 0.818. The molecule has 2 fully saturated rings. The third kappa shape index (κ3) is 1.80. The average Bonchev–Trinajstić information content (AvgIpc) is 2.81. The zero-order chi connectivity index (χ0) is 11.8. The summed E-state index contributed by atoms with van der Waals surface area (Å²) in [6.45, 7) is 0.688. The van der Waals surface area contributed by atoms with Crippen molar-refractivity contribution in [3.63, 3.8) is 0 Å². The molecule has 0 aromatic rings. The van der Waals surface area contributed by atoms with Crippen molar-refractivity contribution in [2.45, 2.75) is 31.2 Å². The van der Waals surface area contributed by atoms with Gasteiger partial charge in [0.1, 0.15) is 0 Å². The quantitative estimate of drug-likeness (QED) is 0.708. The van der Waals surface area contributed by atoms with Gasteiger partial charge in [-0.1, -0.05) is 12.8 Å². The fourth-order valence-corrected chi connectivity index (χ4v) is 2.69. The third-order valence-corrected chi connectivity index (χ3v) is 3.87. The zero-order valence-electron chi connectivity index (χ0n) is 9.95. The van der Waals surface area contributed by atoms with Gasteiger partial charge >= 0.3 is 6.03 Å². The molecule has 0 atom stereocenters. The highest BCUT2D eigenvalue weighted by Gasteiger charge is 2.42. The number of carbonyl (C=O) groups is 2. The maximum atomic E-state index is 11.6. The van der Waals surface area contributed by atoms with Gasteiger partial charge in [-0.15, -0.1) is 0 Å². The van der Waals surface area contributed by atoms with Gasteiger partial charge in [0.05, 0.1) is 6.54 Å². The van der Waals surface area contributed by atoms with E-state index in [1.807, 2.05) is 14.1 Å². The summed E-state index contributed by atoms with van der Waals surface area (Å²) in [6, 6.07) is -0.238. The molecule has 1 heterocycles. The van der Waals surface area contributed by atoms with Crippen LogP contribution in [0.1, 0.15) is 25.7 Å². The second-order valence-corrected chi connectivity index (χ2v) is 4.96. The van der Waals surface area contributed by atoms with Gasteiger partial charge in [0, 0.05) is 12.1 Å². The normalized spacial score (nSPS) is 24.3. The molecular weight excluding hydrogens is 206 g/mol. The van der Waals surface area contributed by atoms with Gasteiger partial charge in [-0.05, 0) is 26.9 Å². The molecule has 0 bridgehead atoms. The van der Waals surface area contributed by atoms with E-state index < -0.39 is 0 Å². The van der Waals surface area contributed by atoms with Crippen LogP contribution >= 0.6 is 0 Å². The van der Waals surface area contributed by atoms with Crippen molar-refractivity contribution < 1.29 is 9.59 Å². The number of likely N-dealkylation sites (N-methyl/N-ethyl adjacent to an activating group) is 1. The number of carbonyl (C=O) groups excluding carboxylic acids is 2. The predicted molar refractivity (Wildman–Crippen MR) is 60.0 cm³/mol. The van der Waals surface area contributed by atoms with Crippen molar-refractivity contribution in [3.05, 3.63) is 0 Å². The van der Waals surface area contributed by atoms with Gasteiger partial charge in [0.25, 0.3) is 0 Å². The number of nitrogens with zero attached hydrogens (tertiary/aromatic N) is 2. The lowest BCUT2D eigenvalue weighted by Gasteiger charge is -2.38. The van der Waals surface area contributed by atoms with Crippen LogP contribution in [0.3, 0.4) is 0 Å². The third-order valence-electron chi connectivity index (χ3n) is 3.87. The second-order valence-electron chi connectivity index (χ2n) is 4.96. The minimum Gasteiger partial charge on any atom is -0.329 e. The Kier molecular flexibility index (Phi) is 2.88. The van der Waals surface area contributed by atoms with Crippen LogP contribution in [-0.2, 0) is 4.79 Å². The fourth-order valence-electron chi connectivity index (χ4n) is 2.69. The summed E-state index contributed by atoms with van der Waals surface area (Å²) in [6.07, 6.45) is 4.50. The topological polar surface area (TPSA) is 52.6 Å². The van der Waals surface area contributed by atoms with E-state index in [-0.39, 0.29) is 24.0 Å². The van der Waals surface area contributed by atoms with E-state index in [0.717, 1.165) is 12.8 Å². The molecule has 0 aromatic carbocycles. The molecule has 16 heavy (non-hydrogen) atoms. The predicted octanol–water partition coefficient (Wildman–Crippen LogP) is 0.413. The van der Waals surface area contributed by atoms with E-state index in [4.69, 9.17) is 0 Å².